The van der Waals surface area contributed by atoms with Crippen LogP contribution in [0.2, 0.25) is 0 Å². The molecule has 2 amide bonds. The monoisotopic (exact) mass is 374 g/mol. The highest BCUT2D eigenvalue weighted by molar-refractivity contribution is 5.95. The standard InChI is InChI=1S/C22H22N4O2/c1-15-5-3-4-6-17(15)13-24-22(28)18-11-21(14-23-12-18)26-20-9-7-19(8-10-20)25-16(2)27/h3-12,14,26H,13H2,1-2H3,(H,24,28)(H,25,27). The number of pyridine rings is 1. The van der Waals surface area contributed by atoms with E-state index < -0.39 is 0 Å². The molecule has 2 aromatic carbocycles. The van der Waals surface area contributed by atoms with Crippen LogP contribution in [0.15, 0.2) is 67.0 Å². The van der Waals surface area contributed by atoms with Gasteiger partial charge in [-0.1, -0.05) is 24.3 Å². The average molecular weight is 374 g/mol. The van der Waals surface area contributed by atoms with Gasteiger partial charge in [0.2, 0.25) is 5.91 Å². The Bertz CT molecular complexity index is 984. The first kappa shape index (κ1) is 19.1. The molecule has 0 atom stereocenters. The fourth-order valence-electron chi connectivity index (χ4n) is 2.73. The Hall–Kier alpha value is -3.67. The smallest absolute Gasteiger partial charge is 0.253 e. The molecule has 3 N–H and O–H groups in total. The van der Waals surface area contributed by atoms with Gasteiger partial charge in [0.15, 0.2) is 0 Å². The number of carbonyl (C=O) groups is 2. The fourth-order valence-corrected chi connectivity index (χ4v) is 2.73. The van der Waals surface area contributed by atoms with Crippen LogP contribution in [-0.2, 0) is 11.3 Å². The number of hydrogen-bond acceptors (Lipinski definition) is 4. The molecule has 0 saturated carbocycles. The molecule has 1 heterocycles. The number of amides is 2. The van der Waals surface area contributed by atoms with Crippen LogP contribution < -0.4 is 16.0 Å². The number of benzene rings is 2. The topological polar surface area (TPSA) is 83.1 Å². The van der Waals surface area contributed by atoms with E-state index in [2.05, 4.69) is 20.9 Å². The Labute approximate surface area is 164 Å². The highest BCUT2D eigenvalue weighted by Gasteiger charge is 2.08. The van der Waals surface area contributed by atoms with Crippen molar-refractivity contribution in [3.63, 3.8) is 0 Å². The number of aromatic nitrogens is 1. The highest BCUT2D eigenvalue weighted by Crippen LogP contribution is 2.19. The molecule has 0 fully saturated rings. The molecule has 0 aliphatic carbocycles. The first-order valence-electron chi connectivity index (χ1n) is 8.94. The van der Waals surface area contributed by atoms with Crippen LogP contribution >= 0.6 is 0 Å². The largest absolute Gasteiger partial charge is 0.354 e. The Morgan fingerprint density at radius 1 is 0.929 bits per heavy atom. The van der Waals surface area contributed by atoms with E-state index >= 15 is 0 Å². The number of hydrogen-bond donors (Lipinski definition) is 3. The Kier molecular flexibility index (Phi) is 6.01. The van der Waals surface area contributed by atoms with Crippen LogP contribution in [0.25, 0.3) is 0 Å². The summed E-state index contributed by atoms with van der Waals surface area (Å²) in [5, 5.41) is 8.85. The van der Waals surface area contributed by atoms with E-state index in [0.717, 1.165) is 22.5 Å². The summed E-state index contributed by atoms with van der Waals surface area (Å²) < 4.78 is 0. The molecular formula is C22H22N4O2. The highest BCUT2D eigenvalue weighted by atomic mass is 16.2. The zero-order valence-corrected chi connectivity index (χ0v) is 15.8. The third-order valence-corrected chi connectivity index (χ3v) is 4.20. The van der Waals surface area contributed by atoms with Crippen LogP contribution in [0.5, 0.6) is 0 Å². The average Bonchev–Trinajstić information content (AvgIpc) is 2.68. The van der Waals surface area contributed by atoms with Crippen molar-refractivity contribution in [2.45, 2.75) is 20.4 Å². The minimum Gasteiger partial charge on any atom is -0.354 e. The number of aryl methyl sites for hydroxylation is 1. The quantitative estimate of drug-likeness (QED) is 0.608. The van der Waals surface area contributed by atoms with Gasteiger partial charge in [-0.2, -0.15) is 0 Å². The number of anilines is 3. The second-order valence-corrected chi connectivity index (χ2v) is 6.45. The molecule has 3 rings (SSSR count). The van der Waals surface area contributed by atoms with Crippen LogP contribution in [0.4, 0.5) is 17.1 Å². The predicted octanol–water partition coefficient (Wildman–Crippen LogP) is 4.02. The van der Waals surface area contributed by atoms with Crippen molar-refractivity contribution in [3.8, 4) is 0 Å². The molecule has 0 aliphatic heterocycles. The van der Waals surface area contributed by atoms with E-state index in [9.17, 15) is 9.59 Å². The van der Waals surface area contributed by atoms with Gasteiger partial charge in [0.05, 0.1) is 17.4 Å². The molecule has 3 aromatic rings. The minimum atomic E-state index is -0.180. The van der Waals surface area contributed by atoms with E-state index in [-0.39, 0.29) is 11.8 Å². The molecule has 1 aromatic heterocycles. The van der Waals surface area contributed by atoms with Gasteiger partial charge < -0.3 is 16.0 Å². The van der Waals surface area contributed by atoms with Gasteiger partial charge in [-0.3, -0.25) is 14.6 Å². The molecule has 0 saturated heterocycles. The van der Waals surface area contributed by atoms with Crippen molar-refractivity contribution in [2.24, 2.45) is 0 Å². The summed E-state index contributed by atoms with van der Waals surface area (Å²) in [6, 6.07) is 17.0. The SMILES string of the molecule is CC(=O)Nc1ccc(Nc2cncc(C(=O)NCc3ccccc3C)c2)cc1. The first-order chi connectivity index (χ1) is 13.5. The Morgan fingerprint density at radius 3 is 2.36 bits per heavy atom. The van der Waals surface area contributed by atoms with Gasteiger partial charge in [0.1, 0.15) is 0 Å². The number of rotatable bonds is 6. The molecule has 0 unspecified atom stereocenters. The summed E-state index contributed by atoms with van der Waals surface area (Å²) in [5.41, 5.74) is 4.95. The van der Waals surface area contributed by atoms with Crippen molar-refractivity contribution >= 4 is 28.9 Å². The van der Waals surface area contributed by atoms with Crippen molar-refractivity contribution in [2.75, 3.05) is 10.6 Å². The Balaban J connectivity index is 1.64. The van der Waals surface area contributed by atoms with Gasteiger partial charge >= 0.3 is 0 Å². The van der Waals surface area contributed by atoms with Crippen LogP contribution in [0, 0.1) is 6.92 Å². The van der Waals surface area contributed by atoms with Gasteiger partial charge in [-0.15, -0.1) is 0 Å². The van der Waals surface area contributed by atoms with Crippen molar-refractivity contribution in [1.29, 1.82) is 0 Å². The molecular weight excluding hydrogens is 352 g/mol. The summed E-state index contributed by atoms with van der Waals surface area (Å²) in [7, 11) is 0. The van der Waals surface area contributed by atoms with E-state index in [4.69, 9.17) is 0 Å². The third kappa shape index (κ3) is 5.17. The lowest BCUT2D eigenvalue weighted by molar-refractivity contribution is -0.114. The second kappa shape index (κ2) is 8.81. The number of carbonyl (C=O) groups excluding carboxylic acids is 2. The van der Waals surface area contributed by atoms with Crippen LogP contribution in [0.3, 0.4) is 0 Å². The first-order valence-corrected chi connectivity index (χ1v) is 8.94. The predicted molar refractivity (Wildman–Crippen MR) is 111 cm³/mol. The van der Waals surface area contributed by atoms with Crippen LogP contribution in [-0.4, -0.2) is 16.8 Å². The van der Waals surface area contributed by atoms with E-state index in [0.29, 0.717) is 17.8 Å². The molecule has 142 valence electrons. The molecule has 6 nitrogen and oxygen atoms in total. The molecule has 28 heavy (non-hydrogen) atoms. The zero-order chi connectivity index (χ0) is 19.9. The van der Waals surface area contributed by atoms with Crippen molar-refractivity contribution < 1.29 is 9.59 Å². The maximum atomic E-state index is 12.5. The molecule has 0 radical (unpaired) electrons. The maximum Gasteiger partial charge on any atom is 0.253 e. The van der Waals surface area contributed by atoms with Gasteiger partial charge in [-0.25, -0.2) is 0 Å². The molecule has 0 spiro atoms. The lowest BCUT2D eigenvalue weighted by atomic mass is 10.1. The molecule has 6 heteroatoms. The van der Waals surface area contributed by atoms with Crippen molar-refractivity contribution in [1.82, 2.24) is 10.3 Å². The maximum absolute atomic E-state index is 12.5. The molecule has 0 bridgehead atoms. The lowest BCUT2D eigenvalue weighted by Gasteiger charge is -2.10. The second-order valence-electron chi connectivity index (χ2n) is 6.45. The Morgan fingerprint density at radius 2 is 1.64 bits per heavy atom. The number of nitrogens with one attached hydrogen (secondary N) is 3. The third-order valence-electron chi connectivity index (χ3n) is 4.20. The van der Waals surface area contributed by atoms with Crippen LogP contribution in [0.1, 0.15) is 28.4 Å². The van der Waals surface area contributed by atoms with Gasteiger partial charge in [0.25, 0.3) is 5.91 Å². The lowest BCUT2D eigenvalue weighted by Crippen LogP contribution is -2.23. The van der Waals surface area contributed by atoms with Gasteiger partial charge in [0, 0.05) is 31.0 Å². The summed E-state index contributed by atoms with van der Waals surface area (Å²) in [4.78, 5) is 27.7. The normalized spacial score (nSPS) is 10.2. The van der Waals surface area contributed by atoms with E-state index in [1.807, 2.05) is 43.3 Å². The summed E-state index contributed by atoms with van der Waals surface area (Å²) in [6.45, 7) is 3.95. The minimum absolute atomic E-state index is 0.116. The number of nitrogens with zero attached hydrogens (tertiary/aromatic N) is 1. The van der Waals surface area contributed by atoms with E-state index in [1.54, 1.807) is 24.4 Å². The van der Waals surface area contributed by atoms with Gasteiger partial charge in [-0.05, 0) is 48.4 Å². The fraction of sp³-hybridized carbons (Fsp3) is 0.136. The zero-order valence-electron chi connectivity index (χ0n) is 15.8. The van der Waals surface area contributed by atoms with Crippen molar-refractivity contribution in [3.05, 3.63) is 83.7 Å². The summed E-state index contributed by atoms with van der Waals surface area (Å²) in [5.74, 6) is -0.297. The summed E-state index contributed by atoms with van der Waals surface area (Å²) in [6.07, 6.45) is 3.19. The summed E-state index contributed by atoms with van der Waals surface area (Å²) >= 11 is 0. The molecule has 0 aliphatic rings. The van der Waals surface area contributed by atoms with E-state index in [1.165, 1.54) is 13.1 Å².